The summed E-state index contributed by atoms with van der Waals surface area (Å²) in [5.74, 6) is -0.807. The summed E-state index contributed by atoms with van der Waals surface area (Å²) in [7, 11) is 0. The minimum atomic E-state index is -0.508. The van der Waals surface area contributed by atoms with Crippen LogP contribution in [0.1, 0.15) is 18.4 Å². The van der Waals surface area contributed by atoms with Crippen molar-refractivity contribution in [2.75, 3.05) is 18.5 Å². The predicted octanol–water partition coefficient (Wildman–Crippen LogP) is 1.66. The van der Waals surface area contributed by atoms with Crippen LogP contribution in [0.5, 0.6) is 0 Å². The molecular formula is C14H17NO4. The summed E-state index contributed by atoms with van der Waals surface area (Å²) in [6.07, 6.45) is 1.01. The number of hydrogen-bond donors (Lipinski definition) is 1. The standard InChI is InChI=1S/C14H17NO4/c1-10-5-2-3-6-11(10)15-13(16)9-19-14(17)12-7-4-8-18-12/h2-3,5-6,12H,4,7-9H2,1H3,(H,15,16)/t12-/m1/s1. The van der Waals surface area contributed by atoms with Crippen LogP contribution >= 0.6 is 0 Å². The van der Waals surface area contributed by atoms with Gasteiger partial charge in [0.15, 0.2) is 12.7 Å². The molecule has 1 amide bonds. The lowest BCUT2D eigenvalue weighted by Crippen LogP contribution is -2.27. The molecule has 1 heterocycles. The van der Waals surface area contributed by atoms with Gasteiger partial charge in [0.25, 0.3) is 5.91 Å². The fraction of sp³-hybridized carbons (Fsp3) is 0.429. The van der Waals surface area contributed by atoms with Gasteiger partial charge in [-0.05, 0) is 31.4 Å². The van der Waals surface area contributed by atoms with Crippen molar-refractivity contribution in [3.8, 4) is 0 Å². The highest BCUT2D eigenvalue weighted by Gasteiger charge is 2.25. The van der Waals surface area contributed by atoms with E-state index in [2.05, 4.69) is 5.32 Å². The molecule has 1 atom stereocenters. The second kappa shape index (κ2) is 6.33. The van der Waals surface area contributed by atoms with Crippen molar-refractivity contribution in [1.82, 2.24) is 0 Å². The normalized spacial score (nSPS) is 18.1. The first-order valence-electron chi connectivity index (χ1n) is 6.30. The molecule has 1 aliphatic heterocycles. The molecular weight excluding hydrogens is 246 g/mol. The van der Waals surface area contributed by atoms with Crippen LogP contribution in [-0.2, 0) is 19.1 Å². The molecule has 1 N–H and O–H groups in total. The molecule has 0 aromatic heterocycles. The third-order valence-corrected chi connectivity index (χ3v) is 2.96. The lowest BCUT2D eigenvalue weighted by atomic mass is 10.2. The number of aryl methyl sites for hydroxylation is 1. The number of amides is 1. The van der Waals surface area contributed by atoms with Crippen molar-refractivity contribution in [3.05, 3.63) is 29.8 Å². The number of para-hydroxylation sites is 1. The summed E-state index contributed by atoms with van der Waals surface area (Å²) < 4.78 is 10.1. The molecule has 0 saturated carbocycles. The fourth-order valence-corrected chi connectivity index (χ4v) is 1.89. The van der Waals surface area contributed by atoms with Crippen LogP contribution in [0.15, 0.2) is 24.3 Å². The largest absolute Gasteiger partial charge is 0.454 e. The van der Waals surface area contributed by atoms with Crippen LogP contribution in [-0.4, -0.2) is 31.2 Å². The van der Waals surface area contributed by atoms with Crippen LogP contribution < -0.4 is 5.32 Å². The molecule has 5 nitrogen and oxygen atoms in total. The van der Waals surface area contributed by atoms with Gasteiger partial charge in [0.05, 0.1) is 0 Å². The number of anilines is 1. The van der Waals surface area contributed by atoms with Gasteiger partial charge in [-0.2, -0.15) is 0 Å². The SMILES string of the molecule is Cc1ccccc1NC(=O)COC(=O)[C@H]1CCCO1. The van der Waals surface area contributed by atoms with Gasteiger partial charge >= 0.3 is 5.97 Å². The number of esters is 1. The van der Waals surface area contributed by atoms with E-state index in [0.29, 0.717) is 13.0 Å². The van der Waals surface area contributed by atoms with E-state index in [0.717, 1.165) is 17.7 Å². The number of benzene rings is 1. The molecule has 0 aliphatic carbocycles. The number of hydrogen-bond acceptors (Lipinski definition) is 4. The Morgan fingerprint density at radius 1 is 1.42 bits per heavy atom. The minimum absolute atomic E-state index is 0.285. The monoisotopic (exact) mass is 263 g/mol. The van der Waals surface area contributed by atoms with Crippen LogP contribution in [0, 0.1) is 6.92 Å². The zero-order valence-corrected chi connectivity index (χ0v) is 10.8. The van der Waals surface area contributed by atoms with Gasteiger partial charge in [-0.1, -0.05) is 18.2 Å². The first-order chi connectivity index (χ1) is 9.16. The summed E-state index contributed by atoms with van der Waals surface area (Å²) in [4.78, 5) is 23.2. The van der Waals surface area contributed by atoms with E-state index in [1.165, 1.54) is 0 Å². The van der Waals surface area contributed by atoms with Crippen LogP contribution in [0.3, 0.4) is 0 Å². The Morgan fingerprint density at radius 3 is 2.89 bits per heavy atom. The molecule has 0 radical (unpaired) electrons. The topological polar surface area (TPSA) is 64.6 Å². The van der Waals surface area contributed by atoms with E-state index in [4.69, 9.17) is 9.47 Å². The maximum Gasteiger partial charge on any atom is 0.335 e. The van der Waals surface area contributed by atoms with Crippen molar-refractivity contribution in [3.63, 3.8) is 0 Å². The molecule has 0 bridgehead atoms. The maximum atomic E-state index is 11.7. The first kappa shape index (κ1) is 13.5. The van der Waals surface area contributed by atoms with Crippen molar-refractivity contribution < 1.29 is 19.1 Å². The van der Waals surface area contributed by atoms with Crippen molar-refractivity contribution >= 4 is 17.6 Å². The van der Waals surface area contributed by atoms with Crippen molar-refractivity contribution in [1.29, 1.82) is 0 Å². The second-order valence-electron chi connectivity index (χ2n) is 4.47. The number of rotatable bonds is 4. The summed E-state index contributed by atoms with van der Waals surface area (Å²) >= 11 is 0. The smallest absolute Gasteiger partial charge is 0.335 e. The summed E-state index contributed by atoms with van der Waals surface area (Å²) in [6, 6.07) is 7.42. The zero-order valence-electron chi connectivity index (χ0n) is 10.8. The van der Waals surface area contributed by atoms with Crippen LogP contribution in [0.25, 0.3) is 0 Å². The molecule has 0 spiro atoms. The molecule has 1 saturated heterocycles. The molecule has 0 unspecified atom stereocenters. The number of carbonyl (C=O) groups is 2. The lowest BCUT2D eigenvalue weighted by molar-refractivity contribution is -0.156. The fourth-order valence-electron chi connectivity index (χ4n) is 1.89. The van der Waals surface area contributed by atoms with Gasteiger partial charge in [0.2, 0.25) is 0 Å². The number of carbonyl (C=O) groups excluding carboxylic acids is 2. The Kier molecular flexibility index (Phi) is 4.52. The average molecular weight is 263 g/mol. The Morgan fingerprint density at radius 2 is 2.21 bits per heavy atom. The molecule has 19 heavy (non-hydrogen) atoms. The highest BCUT2D eigenvalue weighted by atomic mass is 16.6. The van der Waals surface area contributed by atoms with E-state index < -0.39 is 12.1 Å². The van der Waals surface area contributed by atoms with Gasteiger partial charge in [0, 0.05) is 12.3 Å². The molecule has 1 aromatic rings. The highest BCUT2D eigenvalue weighted by molar-refractivity contribution is 5.93. The van der Waals surface area contributed by atoms with Crippen molar-refractivity contribution in [2.24, 2.45) is 0 Å². The molecule has 102 valence electrons. The summed E-state index contributed by atoms with van der Waals surface area (Å²) in [6.45, 7) is 2.19. The Hall–Kier alpha value is -1.88. The predicted molar refractivity (Wildman–Crippen MR) is 69.7 cm³/mol. The van der Waals surface area contributed by atoms with Gasteiger partial charge in [-0.25, -0.2) is 4.79 Å². The first-order valence-corrected chi connectivity index (χ1v) is 6.30. The average Bonchev–Trinajstić information content (AvgIpc) is 2.93. The van der Waals surface area contributed by atoms with Crippen LogP contribution in [0.4, 0.5) is 5.69 Å². The van der Waals surface area contributed by atoms with Gasteiger partial charge in [-0.3, -0.25) is 4.79 Å². The quantitative estimate of drug-likeness (QED) is 0.839. The van der Waals surface area contributed by atoms with Gasteiger partial charge in [0.1, 0.15) is 0 Å². The van der Waals surface area contributed by atoms with Crippen molar-refractivity contribution in [2.45, 2.75) is 25.9 Å². The highest BCUT2D eigenvalue weighted by Crippen LogP contribution is 2.14. The molecule has 5 heteroatoms. The molecule has 1 aliphatic rings. The van der Waals surface area contributed by atoms with E-state index >= 15 is 0 Å². The third kappa shape index (κ3) is 3.79. The Bertz CT molecular complexity index is 466. The maximum absolute atomic E-state index is 11.7. The van der Waals surface area contributed by atoms with E-state index in [1.807, 2.05) is 25.1 Å². The van der Waals surface area contributed by atoms with Crippen LogP contribution in [0.2, 0.25) is 0 Å². The van der Waals surface area contributed by atoms with E-state index in [1.54, 1.807) is 6.07 Å². The van der Waals surface area contributed by atoms with Gasteiger partial charge < -0.3 is 14.8 Å². The van der Waals surface area contributed by atoms with E-state index in [9.17, 15) is 9.59 Å². The minimum Gasteiger partial charge on any atom is -0.454 e. The zero-order chi connectivity index (χ0) is 13.7. The second-order valence-corrected chi connectivity index (χ2v) is 4.47. The lowest BCUT2D eigenvalue weighted by Gasteiger charge is -2.11. The summed E-state index contributed by atoms with van der Waals surface area (Å²) in [5, 5.41) is 2.70. The third-order valence-electron chi connectivity index (χ3n) is 2.96. The Labute approximate surface area is 111 Å². The number of ether oxygens (including phenoxy) is 2. The Balaban J connectivity index is 1.78. The molecule has 1 aromatic carbocycles. The van der Waals surface area contributed by atoms with Gasteiger partial charge in [-0.15, -0.1) is 0 Å². The van der Waals surface area contributed by atoms with E-state index in [-0.39, 0.29) is 12.5 Å². The molecule has 1 fully saturated rings. The summed E-state index contributed by atoms with van der Waals surface area (Å²) in [5.41, 5.74) is 1.68. The molecule has 2 rings (SSSR count). The number of nitrogens with one attached hydrogen (secondary N) is 1.